The van der Waals surface area contributed by atoms with Crippen molar-refractivity contribution in [3.05, 3.63) is 42.4 Å². The third-order valence-corrected chi connectivity index (χ3v) is 2.69. The molecule has 0 amide bonds. The van der Waals surface area contributed by atoms with Crippen molar-refractivity contribution in [3.8, 4) is 11.5 Å². The minimum Gasteiger partial charge on any atom is -0.385 e. The van der Waals surface area contributed by atoms with Crippen LogP contribution in [0.1, 0.15) is 18.9 Å². The summed E-state index contributed by atoms with van der Waals surface area (Å²) < 4.78 is 5.17. The molecular formula is C13H11N3O2. The Morgan fingerprint density at radius 1 is 1.22 bits per heavy atom. The van der Waals surface area contributed by atoms with Gasteiger partial charge in [0.25, 0.3) is 5.89 Å². The number of nitrogens with zero attached hydrogens (tertiary/aromatic N) is 3. The van der Waals surface area contributed by atoms with Crippen LogP contribution >= 0.6 is 0 Å². The molecule has 0 aliphatic carbocycles. The molecule has 18 heavy (non-hydrogen) atoms. The van der Waals surface area contributed by atoms with Crippen LogP contribution in [0.3, 0.4) is 0 Å². The maximum atomic E-state index is 9.40. The molecule has 1 aromatic carbocycles. The Hall–Kier alpha value is -2.27. The molecule has 2 heterocycles. The monoisotopic (exact) mass is 241 g/mol. The quantitative estimate of drug-likeness (QED) is 0.745. The number of aliphatic hydroxyl groups excluding tert-OH is 1. The second-order valence-electron chi connectivity index (χ2n) is 4.01. The maximum Gasteiger partial charge on any atom is 0.258 e. The van der Waals surface area contributed by atoms with Gasteiger partial charge in [-0.05, 0) is 25.1 Å². The maximum absolute atomic E-state index is 9.40. The van der Waals surface area contributed by atoms with Crippen LogP contribution in [-0.2, 0) is 0 Å². The normalized spacial score (nSPS) is 12.8. The Morgan fingerprint density at radius 2 is 2.11 bits per heavy atom. The first-order valence-electron chi connectivity index (χ1n) is 5.61. The molecule has 3 rings (SSSR count). The predicted octanol–water partition coefficient (Wildman–Crippen LogP) is 2.34. The summed E-state index contributed by atoms with van der Waals surface area (Å²) in [5, 5.41) is 14.1. The van der Waals surface area contributed by atoms with Crippen molar-refractivity contribution >= 4 is 10.9 Å². The van der Waals surface area contributed by atoms with E-state index in [4.69, 9.17) is 4.52 Å². The molecule has 0 radical (unpaired) electrons. The van der Waals surface area contributed by atoms with E-state index >= 15 is 0 Å². The van der Waals surface area contributed by atoms with Crippen LogP contribution in [0.2, 0.25) is 0 Å². The number of rotatable bonds is 2. The predicted molar refractivity (Wildman–Crippen MR) is 65.7 cm³/mol. The summed E-state index contributed by atoms with van der Waals surface area (Å²) >= 11 is 0. The van der Waals surface area contributed by atoms with E-state index in [1.54, 1.807) is 13.1 Å². The standard InChI is InChI=1S/C13H11N3O2/c1-8(17)12-15-13(18-16-12)10-4-2-6-11-9(10)5-3-7-14-11/h2-8,17H,1H3. The zero-order chi connectivity index (χ0) is 12.5. The van der Waals surface area contributed by atoms with E-state index in [1.165, 1.54) is 0 Å². The number of aliphatic hydroxyl groups is 1. The Bertz CT molecular complexity index is 686. The number of benzene rings is 1. The molecule has 0 spiro atoms. The summed E-state index contributed by atoms with van der Waals surface area (Å²) in [6, 6.07) is 9.51. The molecule has 3 aromatic rings. The largest absolute Gasteiger partial charge is 0.385 e. The zero-order valence-electron chi connectivity index (χ0n) is 9.74. The van der Waals surface area contributed by atoms with Gasteiger partial charge in [-0.2, -0.15) is 4.98 Å². The van der Waals surface area contributed by atoms with E-state index in [2.05, 4.69) is 15.1 Å². The molecule has 1 atom stereocenters. The van der Waals surface area contributed by atoms with Crippen molar-refractivity contribution in [1.82, 2.24) is 15.1 Å². The third kappa shape index (κ3) is 1.74. The first-order valence-corrected chi connectivity index (χ1v) is 5.61. The van der Waals surface area contributed by atoms with Gasteiger partial charge >= 0.3 is 0 Å². The molecule has 0 saturated carbocycles. The van der Waals surface area contributed by atoms with Crippen molar-refractivity contribution in [2.24, 2.45) is 0 Å². The Kier molecular flexibility index (Phi) is 2.53. The third-order valence-electron chi connectivity index (χ3n) is 2.69. The molecule has 0 aliphatic heterocycles. The van der Waals surface area contributed by atoms with Crippen molar-refractivity contribution in [2.75, 3.05) is 0 Å². The lowest BCUT2D eigenvalue weighted by Gasteiger charge is -2.00. The van der Waals surface area contributed by atoms with Gasteiger partial charge in [0, 0.05) is 17.1 Å². The summed E-state index contributed by atoms with van der Waals surface area (Å²) in [6.45, 7) is 1.60. The minimum atomic E-state index is -0.740. The second kappa shape index (κ2) is 4.19. The molecule has 0 fully saturated rings. The summed E-state index contributed by atoms with van der Waals surface area (Å²) in [7, 11) is 0. The Labute approximate surface area is 103 Å². The molecule has 5 nitrogen and oxygen atoms in total. The highest BCUT2D eigenvalue weighted by molar-refractivity contribution is 5.92. The van der Waals surface area contributed by atoms with Crippen molar-refractivity contribution in [2.45, 2.75) is 13.0 Å². The van der Waals surface area contributed by atoms with Crippen LogP contribution in [0.5, 0.6) is 0 Å². The molecule has 0 aliphatic rings. The molecular weight excluding hydrogens is 230 g/mol. The van der Waals surface area contributed by atoms with Gasteiger partial charge in [0.1, 0.15) is 6.10 Å². The van der Waals surface area contributed by atoms with Crippen molar-refractivity contribution < 1.29 is 9.63 Å². The van der Waals surface area contributed by atoms with E-state index in [1.807, 2.05) is 30.3 Å². The van der Waals surface area contributed by atoms with Gasteiger partial charge < -0.3 is 9.63 Å². The topological polar surface area (TPSA) is 72.0 Å². The summed E-state index contributed by atoms with van der Waals surface area (Å²) in [5.41, 5.74) is 1.69. The summed E-state index contributed by atoms with van der Waals surface area (Å²) in [4.78, 5) is 8.44. The van der Waals surface area contributed by atoms with Gasteiger partial charge in [0.05, 0.1) is 5.52 Å². The molecule has 5 heteroatoms. The van der Waals surface area contributed by atoms with Crippen LogP contribution in [0.15, 0.2) is 41.1 Å². The Morgan fingerprint density at radius 3 is 2.89 bits per heavy atom. The van der Waals surface area contributed by atoms with Gasteiger partial charge in [-0.3, -0.25) is 4.98 Å². The molecule has 90 valence electrons. The number of pyridine rings is 1. The number of aromatic nitrogens is 3. The lowest BCUT2D eigenvalue weighted by Crippen LogP contribution is -1.93. The van der Waals surface area contributed by atoms with Crippen LogP contribution in [0.25, 0.3) is 22.4 Å². The summed E-state index contributed by atoms with van der Waals surface area (Å²) in [6.07, 6.45) is 0.997. The van der Waals surface area contributed by atoms with Crippen LogP contribution < -0.4 is 0 Å². The second-order valence-corrected chi connectivity index (χ2v) is 4.01. The molecule has 1 unspecified atom stereocenters. The minimum absolute atomic E-state index is 0.283. The van der Waals surface area contributed by atoms with Crippen molar-refractivity contribution in [3.63, 3.8) is 0 Å². The van der Waals surface area contributed by atoms with Crippen LogP contribution in [0, 0.1) is 0 Å². The molecule has 2 aromatic heterocycles. The molecule has 1 N–H and O–H groups in total. The van der Waals surface area contributed by atoms with Crippen LogP contribution in [0.4, 0.5) is 0 Å². The van der Waals surface area contributed by atoms with Gasteiger partial charge in [-0.15, -0.1) is 0 Å². The highest BCUT2D eigenvalue weighted by atomic mass is 16.5. The Balaban J connectivity index is 2.18. The van der Waals surface area contributed by atoms with Gasteiger partial charge in [0.2, 0.25) is 0 Å². The summed E-state index contributed by atoms with van der Waals surface area (Å²) in [5.74, 6) is 0.676. The number of fused-ring (bicyclic) bond motifs is 1. The highest BCUT2D eigenvalue weighted by Gasteiger charge is 2.14. The van der Waals surface area contributed by atoms with Crippen molar-refractivity contribution in [1.29, 1.82) is 0 Å². The number of hydrogen-bond acceptors (Lipinski definition) is 5. The fraction of sp³-hybridized carbons (Fsp3) is 0.154. The van der Waals surface area contributed by atoms with E-state index in [9.17, 15) is 5.11 Å². The van der Waals surface area contributed by atoms with E-state index in [0.717, 1.165) is 16.5 Å². The highest BCUT2D eigenvalue weighted by Crippen LogP contribution is 2.26. The lowest BCUT2D eigenvalue weighted by molar-refractivity contribution is 0.184. The zero-order valence-corrected chi connectivity index (χ0v) is 9.74. The average Bonchev–Trinajstić information content (AvgIpc) is 2.87. The first kappa shape index (κ1) is 10.9. The fourth-order valence-corrected chi connectivity index (χ4v) is 1.80. The van der Waals surface area contributed by atoms with E-state index < -0.39 is 6.10 Å². The fourth-order valence-electron chi connectivity index (χ4n) is 1.80. The van der Waals surface area contributed by atoms with Crippen LogP contribution in [-0.4, -0.2) is 20.2 Å². The first-order chi connectivity index (χ1) is 8.75. The SMILES string of the molecule is CC(O)c1noc(-c2cccc3ncccc23)n1. The van der Waals surface area contributed by atoms with E-state index in [-0.39, 0.29) is 5.82 Å². The van der Waals surface area contributed by atoms with Gasteiger partial charge in [0.15, 0.2) is 5.82 Å². The lowest BCUT2D eigenvalue weighted by atomic mass is 10.1. The molecule has 0 saturated heterocycles. The van der Waals surface area contributed by atoms with Gasteiger partial charge in [-0.25, -0.2) is 0 Å². The average molecular weight is 241 g/mol. The molecule has 0 bridgehead atoms. The van der Waals surface area contributed by atoms with Gasteiger partial charge in [-0.1, -0.05) is 17.3 Å². The van der Waals surface area contributed by atoms with E-state index in [0.29, 0.717) is 5.89 Å². The number of hydrogen-bond donors (Lipinski definition) is 1. The smallest absolute Gasteiger partial charge is 0.258 e.